The summed E-state index contributed by atoms with van der Waals surface area (Å²) in [5.74, 6) is 0.187. The number of para-hydroxylation sites is 1. The standard InChI is InChI=1S/C13H19F2NO.ClH/c1-2-3-4-8-11(16)10-7-5-6-9-12(10)17-13(14)15;/h5-7,9,11,13H,2-4,8,16H2,1H3;1H/t11-;/m0./s1. The predicted octanol–water partition coefficient (Wildman–Crippen LogP) is 4.29. The van der Waals surface area contributed by atoms with Gasteiger partial charge in [0.2, 0.25) is 0 Å². The molecule has 0 saturated heterocycles. The lowest BCUT2D eigenvalue weighted by atomic mass is 10.0. The van der Waals surface area contributed by atoms with Crippen LogP contribution in [0.2, 0.25) is 0 Å². The Balaban J connectivity index is 0.00000289. The molecular weight excluding hydrogens is 260 g/mol. The summed E-state index contributed by atoms with van der Waals surface area (Å²) in [5.41, 5.74) is 6.64. The van der Waals surface area contributed by atoms with E-state index in [0.717, 1.165) is 25.7 Å². The largest absolute Gasteiger partial charge is 0.434 e. The van der Waals surface area contributed by atoms with Gasteiger partial charge in [-0.1, -0.05) is 44.4 Å². The average Bonchev–Trinajstić information content (AvgIpc) is 2.29. The molecular formula is C13H20ClF2NO. The zero-order chi connectivity index (χ0) is 12.7. The Morgan fingerprint density at radius 3 is 2.50 bits per heavy atom. The van der Waals surface area contributed by atoms with Crippen LogP contribution < -0.4 is 10.5 Å². The van der Waals surface area contributed by atoms with Crippen molar-refractivity contribution in [2.24, 2.45) is 5.73 Å². The average molecular weight is 280 g/mol. The van der Waals surface area contributed by atoms with Crippen molar-refractivity contribution in [2.45, 2.75) is 45.3 Å². The van der Waals surface area contributed by atoms with E-state index in [2.05, 4.69) is 11.7 Å². The molecule has 1 atom stereocenters. The number of unbranched alkanes of at least 4 members (excludes halogenated alkanes) is 2. The topological polar surface area (TPSA) is 35.2 Å². The molecule has 0 aliphatic carbocycles. The van der Waals surface area contributed by atoms with Crippen LogP contribution in [0, 0.1) is 0 Å². The molecule has 1 aromatic carbocycles. The fraction of sp³-hybridized carbons (Fsp3) is 0.538. The number of rotatable bonds is 7. The van der Waals surface area contributed by atoms with Crippen molar-refractivity contribution in [3.8, 4) is 5.75 Å². The molecule has 2 nitrogen and oxygen atoms in total. The van der Waals surface area contributed by atoms with Crippen LogP contribution in [0.1, 0.15) is 44.2 Å². The van der Waals surface area contributed by atoms with Gasteiger partial charge >= 0.3 is 6.61 Å². The van der Waals surface area contributed by atoms with Gasteiger partial charge in [0, 0.05) is 11.6 Å². The molecule has 0 aliphatic heterocycles. The van der Waals surface area contributed by atoms with Crippen molar-refractivity contribution < 1.29 is 13.5 Å². The molecule has 0 fully saturated rings. The van der Waals surface area contributed by atoms with Crippen molar-refractivity contribution in [1.82, 2.24) is 0 Å². The highest BCUT2D eigenvalue weighted by atomic mass is 35.5. The molecule has 5 heteroatoms. The maximum atomic E-state index is 12.2. The van der Waals surface area contributed by atoms with Crippen LogP contribution in [-0.2, 0) is 0 Å². The minimum Gasteiger partial charge on any atom is -0.434 e. The zero-order valence-electron chi connectivity index (χ0n) is 10.4. The first-order valence-corrected chi connectivity index (χ1v) is 5.94. The van der Waals surface area contributed by atoms with Crippen molar-refractivity contribution in [3.63, 3.8) is 0 Å². The molecule has 0 aliphatic rings. The highest BCUT2D eigenvalue weighted by Crippen LogP contribution is 2.28. The van der Waals surface area contributed by atoms with Gasteiger partial charge in [-0.05, 0) is 12.5 Å². The van der Waals surface area contributed by atoms with Crippen molar-refractivity contribution in [3.05, 3.63) is 29.8 Å². The molecule has 104 valence electrons. The quantitative estimate of drug-likeness (QED) is 0.756. The Hall–Kier alpha value is -0.870. The molecule has 2 N–H and O–H groups in total. The summed E-state index contributed by atoms with van der Waals surface area (Å²) in [7, 11) is 0. The van der Waals surface area contributed by atoms with Gasteiger partial charge in [-0.2, -0.15) is 8.78 Å². The van der Waals surface area contributed by atoms with Crippen LogP contribution in [0.25, 0.3) is 0 Å². The predicted molar refractivity (Wildman–Crippen MR) is 71.4 cm³/mol. The molecule has 0 bridgehead atoms. The number of benzene rings is 1. The molecule has 0 aromatic heterocycles. The van der Waals surface area contributed by atoms with Crippen LogP contribution in [0.5, 0.6) is 5.75 Å². The summed E-state index contributed by atoms with van der Waals surface area (Å²) in [5, 5.41) is 0. The minimum absolute atomic E-state index is 0. The van der Waals surface area contributed by atoms with E-state index in [0.29, 0.717) is 5.56 Å². The van der Waals surface area contributed by atoms with E-state index in [4.69, 9.17) is 5.73 Å². The first-order chi connectivity index (χ1) is 8.15. The monoisotopic (exact) mass is 279 g/mol. The van der Waals surface area contributed by atoms with E-state index >= 15 is 0 Å². The summed E-state index contributed by atoms with van der Waals surface area (Å²) in [4.78, 5) is 0. The van der Waals surface area contributed by atoms with Gasteiger partial charge in [0.05, 0.1) is 0 Å². The molecule has 18 heavy (non-hydrogen) atoms. The van der Waals surface area contributed by atoms with Crippen molar-refractivity contribution in [1.29, 1.82) is 0 Å². The smallest absolute Gasteiger partial charge is 0.387 e. The van der Waals surface area contributed by atoms with Crippen LogP contribution >= 0.6 is 12.4 Å². The molecule has 0 heterocycles. The number of hydrogen-bond acceptors (Lipinski definition) is 2. The molecule has 0 saturated carbocycles. The molecule has 0 spiro atoms. The van der Waals surface area contributed by atoms with Gasteiger partial charge in [0.1, 0.15) is 5.75 Å². The Kier molecular flexibility index (Phi) is 8.67. The maximum absolute atomic E-state index is 12.2. The van der Waals surface area contributed by atoms with E-state index in [-0.39, 0.29) is 24.2 Å². The van der Waals surface area contributed by atoms with Crippen LogP contribution in [0.4, 0.5) is 8.78 Å². The summed E-state index contributed by atoms with van der Waals surface area (Å²) in [6.07, 6.45) is 4.01. The van der Waals surface area contributed by atoms with Gasteiger partial charge < -0.3 is 10.5 Å². The summed E-state index contributed by atoms with van der Waals surface area (Å²) in [6, 6.07) is 6.49. The maximum Gasteiger partial charge on any atom is 0.387 e. The van der Waals surface area contributed by atoms with Gasteiger partial charge in [0.25, 0.3) is 0 Å². The first kappa shape index (κ1) is 17.1. The normalized spacial score (nSPS) is 12.1. The number of ether oxygens (including phenoxy) is 1. The van der Waals surface area contributed by atoms with Crippen LogP contribution in [0.15, 0.2) is 24.3 Å². The summed E-state index contributed by atoms with van der Waals surface area (Å²) < 4.78 is 28.9. The second-order valence-corrected chi connectivity index (χ2v) is 4.02. The van der Waals surface area contributed by atoms with E-state index in [1.807, 2.05) is 0 Å². The van der Waals surface area contributed by atoms with E-state index < -0.39 is 6.61 Å². The Labute approximate surface area is 113 Å². The Morgan fingerprint density at radius 1 is 1.22 bits per heavy atom. The van der Waals surface area contributed by atoms with Gasteiger partial charge in [0.15, 0.2) is 0 Å². The molecule has 0 amide bonds. The number of hydrogen-bond donors (Lipinski definition) is 1. The molecule has 1 aromatic rings. The lowest BCUT2D eigenvalue weighted by molar-refractivity contribution is -0.0506. The highest BCUT2D eigenvalue weighted by Gasteiger charge is 2.14. The third-order valence-electron chi connectivity index (χ3n) is 2.65. The second-order valence-electron chi connectivity index (χ2n) is 4.02. The van der Waals surface area contributed by atoms with Gasteiger partial charge in [-0.3, -0.25) is 0 Å². The highest BCUT2D eigenvalue weighted by molar-refractivity contribution is 5.85. The Bertz CT molecular complexity index is 337. The number of alkyl halides is 2. The summed E-state index contributed by atoms with van der Waals surface area (Å²) in [6.45, 7) is -0.696. The van der Waals surface area contributed by atoms with Gasteiger partial charge in [-0.25, -0.2) is 0 Å². The third kappa shape index (κ3) is 5.65. The van der Waals surface area contributed by atoms with Crippen LogP contribution in [0.3, 0.4) is 0 Å². The van der Waals surface area contributed by atoms with Gasteiger partial charge in [-0.15, -0.1) is 12.4 Å². The van der Waals surface area contributed by atoms with E-state index in [9.17, 15) is 8.78 Å². The molecule has 1 rings (SSSR count). The molecule has 0 unspecified atom stereocenters. The van der Waals surface area contributed by atoms with Crippen molar-refractivity contribution in [2.75, 3.05) is 0 Å². The Morgan fingerprint density at radius 2 is 1.89 bits per heavy atom. The van der Waals surface area contributed by atoms with Crippen molar-refractivity contribution >= 4 is 12.4 Å². The summed E-state index contributed by atoms with van der Waals surface area (Å²) >= 11 is 0. The first-order valence-electron chi connectivity index (χ1n) is 5.94. The SMILES string of the molecule is CCCCC[C@H](N)c1ccccc1OC(F)F.Cl. The second kappa shape index (κ2) is 9.11. The minimum atomic E-state index is -2.81. The number of halogens is 3. The van der Waals surface area contributed by atoms with Crippen LogP contribution in [-0.4, -0.2) is 6.61 Å². The van der Waals surface area contributed by atoms with E-state index in [1.54, 1.807) is 18.2 Å². The number of nitrogens with two attached hydrogens (primary N) is 1. The lowest BCUT2D eigenvalue weighted by Crippen LogP contribution is -2.13. The third-order valence-corrected chi connectivity index (χ3v) is 2.65. The fourth-order valence-corrected chi connectivity index (χ4v) is 1.76. The lowest BCUT2D eigenvalue weighted by Gasteiger charge is -2.16. The molecule has 0 radical (unpaired) electrons. The zero-order valence-corrected chi connectivity index (χ0v) is 11.3. The van der Waals surface area contributed by atoms with E-state index in [1.165, 1.54) is 6.07 Å². The fourth-order valence-electron chi connectivity index (χ4n) is 1.76.